The molecular formula is C17H22N4OS. The van der Waals surface area contributed by atoms with Crippen molar-refractivity contribution in [2.45, 2.75) is 37.8 Å². The Balaban J connectivity index is 1.81. The maximum Gasteiger partial charge on any atom is 0.233 e. The molecule has 1 heterocycles. The van der Waals surface area contributed by atoms with Gasteiger partial charge in [-0.1, -0.05) is 30.0 Å². The van der Waals surface area contributed by atoms with Crippen molar-refractivity contribution in [1.29, 1.82) is 0 Å². The normalized spacial score (nSPS) is 14.0. The lowest BCUT2D eigenvalue weighted by Gasteiger charge is -2.18. The van der Waals surface area contributed by atoms with E-state index in [1.54, 1.807) is 0 Å². The summed E-state index contributed by atoms with van der Waals surface area (Å²) in [5, 5.41) is 9.53. The van der Waals surface area contributed by atoms with Crippen molar-refractivity contribution in [3.63, 3.8) is 0 Å². The molecule has 0 bridgehead atoms. The monoisotopic (exact) mass is 330 g/mol. The summed E-state index contributed by atoms with van der Waals surface area (Å²) < 4.78 is 2.11. The van der Waals surface area contributed by atoms with Gasteiger partial charge in [-0.2, -0.15) is 0 Å². The van der Waals surface area contributed by atoms with E-state index in [0.717, 1.165) is 29.8 Å². The van der Waals surface area contributed by atoms with Crippen LogP contribution in [0.3, 0.4) is 0 Å². The molecule has 3 rings (SSSR count). The summed E-state index contributed by atoms with van der Waals surface area (Å²) in [6, 6.07) is 10.2. The number of carbonyl (C=O) groups excluding carboxylic acids is 1. The number of nitrogens with zero attached hydrogens (tertiary/aromatic N) is 4. The first kappa shape index (κ1) is 16.1. The van der Waals surface area contributed by atoms with Gasteiger partial charge in [0, 0.05) is 24.7 Å². The topological polar surface area (TPSA) is 51.0 Å². The van der Waals surface area contributed by atoms with E-state index < -0.39 is 0 Å². The van der Waals surface area contributed by atoms with Gasteiger partial charge in [0.25, 0.3) is 0 Å². The van der Waals surface area contributed by atoms with Crippen molar-refractivity contribution in [2.24, 2.45) is 0 Å². The second kappa shape index (κ2) is 7.17. The Hall–Kier alpha value is -1.82. The van der Waals surface area contributed by atoms with E-state index in [1.165, 1.54) is 24.6 Å². The standard InChI is InChI=1S/C17H22N4OS/c1-3-20(4-2)15(22)12-23-17-19-18-16(13-10-11-13)21(17)14-8-6-5-7-9-14/h5-9,13H,3-4,10-12H2,1-2H3. The molecule has 0 radical (unpaired) electrons. The molecular weight excluding hydrogens is 308 g/mol. The second-order valence-electron chi connectivity index (χ2n) is 5.64. The molecule has 1 saturated carbocycles. The number of benzene rings is 1. The number of carbonyl (C=O) groups is 1. The highest BCUT2D eigenvalue weighted by atomic mass is 32.2. The van der Waals surface area contributed by atoms with Gasteiger partial charge >= 0.3 is 0 Å². The Kier molecular flexibility index (Phi) is 5.00. The van der Waals surface area contributed by atoms with E-state index in [0.29, 0.717) is 11.7 Å². The Labute approximate surface area is 141 Å². The fraction of sp³-hybridized carbons (Fsp3) is 0.471. The number of hydrogen-bond donors (Lipinski definition) is 0. The summed E-state index contributed by atoms with van der Waals surface area (Å²) in [6.07, 6.45) is 2.35. The van der Waals surface area contributed by atoms with E-state index in [1.807, 2.05) is 36.9 Å². The molecule has 2 aromatic rings. The first-order valence-electron chi connectivity index (χ1n) is 8.15. The molecule has 1 aliphatic carbocycles. The molecule has 0 N–H and O–H groups in total. The van der Waals surface area contributed by atoms with Gasteiger partial charge in [-0.25, -0.2) is 0 Å². The van der Waals surface area contributed by atoms with Crippen LogP contribution in [0.4, 0.5) is 0 Å². The Morgan fingerprint density at radius 1 is 1.22 bits per heavy atom. The predicted octanol–water partition coefficient (Wildman–Crippen LogP) is 3.11. The van der Waals surface area contributed by atoms with Gasteiger partial charge in [0.1, 0.15) is 5.82 Å². The maximum atomic E-state index is 12.2. The van der Waals surface area contributed by atoms with Gasteiger partial charge in [0.05, 0.1) is 5.75 Å². The summed E-state index contributed by atoms with van der Waals surface area (Å²) in [6.45, 7) is 5.50. The third kappa shape index (κ3) is 3.58. The average molecular weight is 330 g/mol. The maximum absolute atomic E-state index is 12.2. The zero-order valence-electron chi connectivity index (χ0n) is 13.6. The minimum atomic E-state index is 0.149. The Bertz CT molecular complexity index is 662. The van der Waals surface area contributed by atoms with Crippen LogP contribution in [0.1, 0.15) is 38.4 Å². The van der Waals surface area contributed by atoms with Gasteiger partial charge < -0.3 is 4.90 Å². The molecule has 0 saturated heterocycles. The first-order chi connectivity index (χ1) is 11.2. The van der Waals surface area contributed by atoms with Crippen molar-refractivity contribution < 1.29 is 4.79 Å². The lowest BCUT2D eigenvalue weighted by Crippen LogP contribution is -2.31. The minimum absolute atomic E-state index is 0.149. The molecule has 1 aliphatic rings. The minimum Gasteiger partial charge on any atom is -0.343 e. The van der Waals surface area contributed by atoms with Crippen molar-refractivity contribution in [3.8, 4) is 5.69 Å². The quantitative estimate of drug-likeness (QED) is 0.732. The summed E-state index contributed by atoms with van der Waals surface area (Å²) in [5.74, 6) is 2.08. The summed E-state index contributed by atoms with van der Waals surface area (Å²) in [7, 11) is 0. The number of amides is 1. The van der Waals surface area contributed by atoms with E-state index in [4.69, 9.17) is 0 Å². The van der Waals surface area contributed by atoms with Crippen molar-refractivity contribution in [2.75, 3.05) is 18.8 Å². The molecule has 0 atom stereocenters. The molecule has 1 amide bonds. The number of aromatic nitrogens is 3. The average Bonchev–Trinajstić information content (AvgIpc) is 3.34. The van der Waals surface area contributed by atoms with Crippen LogP contribution in [-0.2, 0) is 4.79 Å². The van der Waals surface area contributed by atoms with Gasteiger partial charge in [0.15, 0.2) is 5.16 Å². The Morgan fingerprint density at radius 2 is 1.91 bits per heavy atom. The van der Waals surface area contributed by atoms with Crippen LogP contribution < -0.4 is 0 Å². The number of rotatable bonds is 7. The van der Waals surface area contributed by atoms with Crippen LogP contribution in [0.5, 0.6) is 0 Å². The Morgan fingerprint density at radius 3 is 2.52 bits per heavy atom. The smallest absolute Gasteiger partial charge is 0.233 e. The van der Waals surface area contributed by atoms with E-state index in [2.05, 4.69) is 26.9 Å². The number of thioether (sulfide) groups is 1. The molecule has 122 valence electrons. The van der Waals surface area contributed by atoms with Gasteiger partial charge in [-0.3, -0.25) is 9.36 Å². The van der Waals surface area contributed by atoms with Crippen LogP contribution in [0.25, 0.3) is 5.69 Å². The van der Waals surface area contributed by atoms with Crippen LogP contribution >= 0.6 is 11.8 Å². The molecule has 0 spiro atoms. The highest BCUT2D eigenvalue weighted by molar-refractivity contribution is 7.99. The largest absolute Gasteiger partial charge is 0.343 e. The highest BCUT2D eigenvalue weighted by Gasteiger charge is 2.31. The molecule has 1 aromatic heterocycles. The third-order valence-corrected chi connectivity index (χ3v) is 4.97. The van der Waals surface area contributed by atoms with Crippen molar-refractivity contribution in [3.05, 3.63) is 36.2 Å². The molecule has 1 fully saturated rings. The van der Waals surface area contributed by atoms with Gasteiger partial charge in [-0.05, 0) is 38.8 Å². The molecule has 23 heavy (non-hydrogen) atoms. The second-order valence-corrected chi connectivity index (χ2v) is 6.58. The van der Waals surface area contributed by atoms with Crippen molar-refractivity contribution in [1.82, 2.24) is 19.7 Å². The lowest BCUT2D eigenvalue weighted by molar-refractivity contribution is -0.127. The zero-order chi connectivity index (χ0) is 16.2. The van der Waals surface area contributed by atoms with Gasteiger partial charge in [-0.15, -0.1) is 10.2 Å². The van der Waals surface area contributed by atoms with Crippen LogP contribution in [0.15, 0.2) is 35.5 Å². The SMILES string of the molecule is CCN(CC)C(=O)CSc1nnc(C2CC2)n1-c1ccccc1. The fourth-order valence-electron chi connectivity index (χ4n) is 2.59. The zero-order valence-corrected chi connectivity index (χ0v) is 14.4. The number of hydrogen-bond acceptors (Lipinski definition) is 4. The molecule has 6 heteroatoms. The summed E-state index contributed by atoms with van der Waals surface area (Å²) >= 11 is 1.47. The highest BCUT2D eigenvalue weighted by Crippen LogP contribution is 2.41. The van der Waals surface area contributed by atoms with Crippen LogP contribution in [0.2, 0.25) is 0 Å². The van der Waals surface area contributed by atoms with E-state index in [9.17, 15) is 4.79 Å². The van der Waals surface area contributed by atoms with Crippen LogP contribution in [-0.4, -0.2) is 44.4 Å². The first-order valence-corrected chi connectivity index (χ1v) is 9.14. The molecule has 1 aromatic carbocycles. The lowest BCUT2D eigenvalue weighted by atomic mass is 10.3. The molecule has 0 unspecified atom stereocenters. The number of para-hydroxylation sites is 1. The summed E-state index contributed by atoms with van der Waals surface area (Å²) in [4.78, 5) is 14.1. The summed E-state index contributed by atoms with van der Waals surface area (Å²) in [5.41, 5.74) is 1.07. The predicted molar refractivity (Wildman–Crippen MR) is 92.0 cm³/mol. The van der Waals surface area contributed by atoms with Crippen molar-refractivity contribution >= 4 is 17.7 Å². The molecule has 5 nitrogen and oxygen atoms in total. The fourth-order valence-corrected chi connectivity index (χ4v) is 3.46. The van der Waals surface area contributed by atoms with E-state index in [-0.39, 0.29) is 5.91 Å². The van der Waals surface area contributed by atoms with Crippen LogP contribution in [0, 0.1) is 0 Å². The van der Waals surface area contributed by atoms with Gasteiger partial charge in [0.2, 0.25) is 5.91 Å². The molecule has 0 aliphatic heterocycles. The van der Waals surface area contributed by atoms with E-state index >= 15 is 0 Å². The third-order valence-electron chi connectivity index (χ3n) is 4.06.